The van der Waals surface area contributed by atoms with Gasteiger partial charge in [-0.3, -0.25) is 0 Å². The first kappa shape index (κ1) is 12.1. The van der Waals surface area contributed by atoms with Gasteiger partial charge in [-0.15, -0.1) is 0 Å². The van der Waals surface area contributed by atoms with Crippen molar-refractivity contribution in [2.24, 2.45) is 0 Å². The van der Waals surface area contributed by atoms with Gasteiger partial charge in [0, 0.05) is 6.42 Å². The van der Waals surface area contributed by atoms with Gasteiger partial charge in [0.25, 0.3) is 0 Å². The summed E-state index contributed by atoms with van der Waals surface area (Å²) in [6, 6.07) is 9.97. The number of furan rings is 1. The molecule has 1 aromatic heterocycles. The van der Waals surface area contributed by atoms with Crippen LogP contribution >= 0.6 is 11.6 Å². The number of anilines is 1. The molecule has 0 atom stereocenters. The fraction of sp³-hybridized carbons (Fsp3) is 0.286. The molecule has 0 unspecified atom stereocenters. The molecule has 0 radical (unpaired) electrons. The van der Waals surface area contributed by atoms with Crippen LogP contribution < -0.4 is 5.32 Å². The van der Waals surface area contributed by atoms with Crippen molar-refractivity contribution >= 4 is 17.3 Å². The zero-order valence-electron chi connectivity index (χ0n) is 10.1. The van der Waals surface area contributed by atoms with Crippen LogP contribution in [0.15, 0.2) is 34.7 Å². The predicted molar refractivity (Wildman–Crippen MR) is 71.6 cm³/mol. The quantitative estimate of drug-likeness (QED) is 0.868. The van der Waals surface area contributed by atoms with E-state index in [1.165, 1.54) is 0 Å². The average Bonchev–Trinajstić information content (AvgIpc) is 2.76. The summed E-state index contributed by atoms with van der Waals surface area (Å²) in [6.45, 7) is 4.76. The molecular weight excluding hydrogens is 234 g/mol. The average molecular weight is 250 g/mol. The molecule has 17 heavy (non-hydrogen) atoms. The number of rotatable bonds is 4. The van der Waals surface area contributed by atoms with Gasteiger partial charge in [-0.1, -0.05) is 24.6 Å². The van der Waals surface area contributed by atoms with E-state index in [1.807, 2.05) is 37.3 Å². The number of benzene rings is 1. The Bertz CT molecular complexity index is 505. The third-order valence-corrected chi connectivity index (χ3v) is 2.96. The maximum atomic E-state index is 6.14. The Labute approximate surface area is 107 Å². The molecule has 0 fully saturated rings. The van der Waals surface area contributed by atoms with E-state index in [2.05, 4.69) is 12.2 Å². The van der Waals surface area contributed by atoms with E-state index in [9.17, 15) is 0 Å². The van der Waals surface area contributed by atoms with Gasteiger partial charge in [0.1, 0.15) is 11.5 Å². The molecule has 0 spiro atoms. The van der Waals surface area contributed by atoms with E-state index in [0.29, 0.717) is 6.54 Å². The zero-order chi connectivity index (χ0) is 12.3. The standard InChI is InChI=1S/C14H16ClNO/c1-3-11-5-6-12(17-11)9-16-14-7-4-10(2)8-13(14)15/h4-8,16H,3,9H2,1-2H3. The van der Waals surface area contributed by atoms with Crippen molar-refractivity contribution < 1.29 is 4.42 Å². The number of halogens is 1. The second-order valence-electron chi connectivity index (χ2n) is 4.06. The molecule has 0 saturated carbocycles. The molecule has 0 saturated heterocycles. The van der Waals surface area contributed by atoms with Gasteiger partial charge in [0.15, 0.2) is 0 Å². The van der Waals surface area contributed by atoms with Gasteiger partial charge in [0.2, 0.25) is 0 Å². The highest BCUT2D eigenvalue weighted by molar-refractivity contribution is 6.33. The minimum atomic E-state index is 0.656. The number of hydrogen-bond donors (Lipinski definition) is 1. The molecule has 1 heterocycles. The largest absolute Gasteiger partial charge is 0.464 e. The minimum Gasteiger partial charge on any atom is -0.464 e. The summed E-state index contributed by atoms with van der Waals surface area (Å²) < 4.78 is 5.61. The molecule has 0 aliphatic heterocycles. The summed E-state index contributed by atoms with van der Waals surface area (Å²) in [5, 5.41) is 4.01. The van der Waals surface area contributed by atoms with E-state index < -0.39 is 0 Å². The van der Waals surface area contributed by atoms with Crippen molar-refractivity contribution in [3.63, 3.8) is 0 Å². The lowest BCUT2D eigenvalue weighted by Gasteiger charge is -2.07. The lowest BCUT2D eigenvalue weighted by molar-refractivity contribution is 0.476. The normalized spacial score (nSPS) is 10.5. The van der Waals surface area contributed by atoms with Crippen LogP contribution in [-0.2, 0) is 13.0 Å². The first-order valence-corrected chi connectivity index (χ1v) is 6.14. The van der Waals surface area contributed by atoms with Gasteiger partial charge < -0.3 is 9.73 Å². The zero-order valence-corrected chi connectivity index (χ0v) is 10.8. The van der Waals surface area contributed by atoms with Crippen molar-refractivity contribution in [1.82, 2.24) is 0 Å². The molecule has 0 amide bonds. The van der Waals surface area contributed by atoms with E-state index >= 15 is 0 Å². The van der Waals surface area contributed by atoms with Crippen LogP contribution in [0, 0.1) is 6.92 Å². The van der Waals surface area contributed by atoms with Gasteiger partial charge >= 0.3 is 0 Å². The third kappa shape index (κ3) is 3.04. The third-order valence-electron chi connectivity index (χ3n) is 2.64. The summed E-state index contributed by atoms with van der Waals surface area (Å²) in [6.07, 6.45) is 0.922. The lowest BCUT2D eigenvalue weighted by atomic mass is 10.2. The van der Waals surface area contributed by atoms with Crippen LogP contribution in [0.2, 0.25) is 5.02 Å². The van der Waals surface area contributed by atoms with E-state index in [0.717, 1.165) is 34.2 Å². The molecule has 0 bridgehead atoms. The van der Waals surface area contributed by atoms with Crippen molar-refractivity contribution in [2.45, 2.75) is 26.8 Å². The summed E-state index contributed by atoms with van der Waals surface area (Å²) in [7, 11) is 0. The molecule has 2 nitrogen and oxygen atoms in total. The Balaban J connectivity index is 2.02. The maximum absolute atomic E-state index is 6.14. The van der Waals surface area contributed by atoms with Crippen LogP contribution in [0.5, 0.6) is 0 Å². The van der Waals surface area contributed by atoms with E-state index in [-0.39, 0.29) is 0 Å². The molecule has 2 aromatic rings. The Morgan fingerprint density at radius 2 is 1.94 bits per heavy atom. The minimum absolute atomic E-state index is 0.656. The molecule has 1 aromatic carbocycles. The molecule has 1 N–H and O–H groups in total. The molecule has 90 valence electrons. The summed E-state index contributed by atoms with van der Waals surface area (Å²) in [5.74, 6) is 1.94. The summed E-state index contributed by atoms with van der Waals surface area (Å²) in [5.41, 5.74) is 2.10. The fourth-order valence-electron chi connectivity index (χ4n) is 1.65. The van der Waals surface area contributed by atoms with Crippen LogP contribution in [0.4, 0.5) is 5.69 Å². The first-order chi connectivity index (χ1) is 8.19. The SMILES string of the molecule is CCc1ccc(CNc2ccc(C)cc2Cl)o1. The second-order valence-corrected chi connectivity index (χ2v) is 4.47. The number of nitrogens with one attached hydrogen (secondary N) is 1. The molecule has 3 heteroatoms. The van der Waals surface area contributed by atoms with Crippen molar-refractivity contribution in [3.05, 3.63) is 52.4 Å². The predicted octanol–water partition coefficient (Wildman–Crippen LogP) is 4.42. The maximum Gasteiger partial charge on any atom is 0.123 e. The molecule has 0 aliphatic carbocycles. The van der Waals surface area contributed by atoms with Gasteiger partial charge in [-0.05, 0) is 36.8 Å². The van der Waals surface area contributed by atoms with Crippen LogP contribution in [0.25, 0.3) is 0 Å². The monoisotopic (exact) mass is 249 g/mol. The van der Waals surface area contributed by atoms with Crippen molar-refractivity contribution in [2.75, 3.05) is 5.32 Å². The Kier molecular flexibility index (Phi) is 3.75. The smallest absolute Gasteiger partial charge is 0.123 e. The Morgan fingerprint density at radius 1 is 1.18 bits per heavy atom. The summed E-state index contributed by atoms with van der Waals surface area (Å²) >= 11 is 6.14. The molecular formula is C14H16ClNO. The fourth-order valence-corrected chi connectivity index (χ4v) is 1.96. The van der Waals surface area contributed by atoms with Gasteiger partial charge in [-0.2, -0.15) is 0 Å². The highest BCUT2D eigenvalue weighted by Gasteiger charge is 2.03. The molecule has 0 aliphatic rings. The Morgan fingerprint density at radius 3 is 2.59 bits per heavy atom. The number of hydrogen-bond acceptors (Lipinski definition) is 2. The van der Waals surface area contributed by atoms with E-state index in [4.69, 9.17) is 16.0 Å². The highest BCUT2D eigenvalue weighted by Crippen LogP contribution is 2.23. The number of aryl methyl sites for hydroxylation is 2. The van der Waals surface area contributed by atoms with Gasteiger partial charge in [0.05, 0.1) is 17.3 Å². The second kappa shape index (κ2) is 5.28. The van der Waals surface area contributed by atoms with Gasteiger partial charge in [-0.25, -0.2) is 0 Å². The highest BCUT2D eigenvalue weighted by atomic mass is 35.5. The van der Waals surface area contributed by atoms with Crippen molar-refractivity contribution in [3.8, 4) is 0 Å². The van der Waals surface area contributed by atoms with Crippen LogP contribution in [-0.4, -0.2) is 0 Å². The van der Waals surface area contributed by atoms with Crippen LogP contribution in [0.1, 0.15) is 24.0 Å². The van der Waals surface area contributed by atoms with Crippen LogP contribution in [0.3, 0.4) is 0 Å². The molecule has 2 rings (SSSR count). The van der Waals surface area contributed by atoms with Crippen molar-refractivity contribution in [1.29, 1.82) is 0 Å². The van der Waals surface area contributed by atoms with E-state index in [1.54, 1.807) is 0 Å². The first-order valence-electron chi connectivity index (χ1n) is 5.76. The topological polar surface area (TPSA) is 25.2 Å². The summed E-state index contributed by atoms with van der Waals surface area (Å²) in [4.78, 5) is 0. The Hall–Kier alpha value is -1.41. The lowest BCUT2D eigenvalue weighted by Crippen LogP contribution is -1.98.